The first kappa shape index (κ1) is 13.5. The van der Waals surface area contributed by atoms with Gasteiger partial charge in [0.2, 0.25) is 0 Å². The fourth-order valence-electron chi connectivity index (χ4n) is 1.84. The van der Waals surface area contributed by atoms with Crippen LogP contribution in [-0.4, -0.2) is 51.4 Å². The highest BCUT2D eigenvalue weighted by Crippen LogP contribution is 2.28. The van der Waals surface area contributed by atoms with Gasteiger partial charge >= 0.3 is 12.0 Å². The second kappa shape index (κ2) is 4.35. The molecule has 0 saturated carbocycles. The third-order valence-corrected chi connectivity index (χ3v) is 3.23. The maximum absolute atomic E-state index is 12.1. The molecule has 3 amide bonds. The normalized spacial score (nSPS) is 20.9. The molecule has 17 heavy (non-hydrogen) atoms. The van der Waals surface area contributed by atoms with Crippen LogP contribution in [-0.2, 0) is 9.59 Å². The van der Waals surface area contributed by atoms with Crippen LogP contribution in [0.1, 0.15) is 33.6 Å². The van der Waals surface area contributed by atoms with Crippen molar-refractivity contribution in [2.75, 3.05) is 7.05 Å². The summed E-state index contributed by atoms with van der Waals surface area (Å²) in [7, 11) is 1.51. The highest BCUT2D eigenvalue weighted by atomic mass is 16.4. The van der Waals surface area contributed by atoms with Gasteiger partial charge in [-0.05, 0) is 20.3 Å². The Balaban J connectivity index is 3.09. The zero-order valence-corrected chi connectivity index (χ0v) is 10.6. The van der Waals surface area contributed by atoms with Crippen LogP contribution in [0.2, 0.25) is 0 Å². The van der Waals surface area contributed by atoms with E-state index < -0.39 is 29.5 Å². The van der Waals surface area contributed by atoms with Crippen LogP contribution in [0.25, 0.3) is 0 Å². The number of likely N-dealkylation sites (N-methyl/N-ethyl adjacent to an activating group) is 1. The van der Waals surface area contributed by atoms with Gasteiger partial charge in [-0.3, -0.25) is 4.79 Å². The van der Waals surface area contributed by atoms with Crippen molar-refractivity contribution in [3.63, 3.8) is 0 Å². The Labute approximate surface area is 100 Å². The second-order valence-electron chi connectivity index (χ2n) is 4.72. The van der Waals surface area contributed by atoms with Gasteiger partial charge in [0.15, 0.2) is 0 Å². The Morgan fingerprint density at radius 1 is 1.41 bits per heavy atom. The van der Waals surface area contributed by atoms with Crippen LogP contribution in [0.3, 0.4) is 0 Å². The molecule has 1 unspecified atom stereocenters. The lowest BCUT2D eigenvalue weighted by Crippen LogP contribution is -2.46. The molecule has 0 radical (unpaired) electrons. The Morgan fingerprint density at radius 3 is 2.24 bits per heavy atom. The number of carbonyl (C=O) groups is 3. The van der Waals surface area contributed by atoms with Crippen molar-refractivity contribution >= 4 is 17.9 Å². The van der Waals surface area contributed by atoms with E-state index in [-0.39, 0.29) is 6.42 Å². The Kier molecular flexibility index (Phi) is 3.45. The molecule has 0 aromatic rings. The molecular formula is C11H18N2O4. The third-order valence-electron chi connectivity index (χ3n) is 3.23. The zero-order valence-electron chi connectivity index (χ0n) is 10.6. The van der Waals surface area contributed by atoms with Gasteiger partial charge in [-0.25, -0.2) is 14.5 Å². The number of aliphatic carboxylic acids is 1. The number of amides is 3. The van der Waals surface area contributed by atoms with Crippen molar-refractivity contribution in [3.05, 3.63) is 0 Å². The van der Waals surface area contributed by atoms with Crippen LogP contribution in [0.4, 0.5) is 4.79 Å². The van der Waals surface area contributed by atoms with E-state index in [1.807, 2.05) is 6.92 Å². The van der Waals surface area contributed by atoms with Gasteiger partial charge in [0, 0.05) is 7.05 Å². The van der Waals surface area contributed by atoms with Gasteiger partial charge in [-0.1, -0.05) is 13.3 Å². The van der Waals surface area contributed by atoms with Crippen molar-refractivity contribution in [2.24, 2.45) is 0 Å². The molecule has 1 heterocycles. The number of carbonyl (C=O) groups excluding carboxylic acids is 2. The monoisotopic (exact) mass is 242 g/mol. The molecule has 1 N–H and O–H groups in total. The smallest absolute Gasteiger partial charge is 0.328 e. The fourth-order valence-corrected chi connectivity index (χ4v) is 1.84. The first-order valence-electron chi connectivity index (χ1n) is 5.59. The van der Waals surface area contributed by atoms with Crippen molar-refractivity contribution < 1.29 is 19.5 Å². The predicted molar refractivity (Wildman–Crippen MR) is 60.4 cm³/mol. The average molecular weight is 242 g/mol. The number of carboxylic acid groups (broad SMARTS) is 1. The van der Waals surface area contributed by atoms with E-state index in [9.17, 15) is 14.4 Å². The van der Waals surface area contributed by atoms with Crippen molar-refractivity contribution in [1.82, 2.24) is 9.80 Å². The van der Waals surface area contributed by atoms with Gasteiger partial charge in [-0.2, -0.15) is 0 Å². The molecule has 6 heteroatoms. The third kappa shape index (κ3) is 1.99. The molecular weight excluding hydrogens is 224 g/mol. The van der Waals surface area contributed by atoms with Gasteiger partial charge < -0.3 is 10.0 Å². The molecule has 1 fully saturated rings. The maximum Gasteiger partial charge on any atom is 0.328 e. The van der Waals surface area contributed by atoms with E-state index in [4.69, 9.17) is 5.11 Å². The summed E-state index contributed by atoms with van der Waals surface area (Å²) in [5.41, 5.74) is -0.974. The van der Waals surface area contributed by atoms with Crippen molar-refractivity contribution in [3.8, 4) is 0 Å². The lowest BCUT2D eigenvalue weighted by Gasteiger charge is -2.22. The van der Waals surface area contributed by atoms with Gasteiger partial charge in [0.1, 0.15) is 11.6 Å². The standard InChI is InChI=1S/C11H18N2O4/c1-5-6-7(8(14)15)13-9(16)11(2,3)12(4)10(13)17/h7H,5-6H2,1-4H3,(H,14,15). The first-order valence-corrected chi connectivity index (χ1v) is 5.59. The average Bonchev–Trinajstić information content (AvgIpc) is 2.38. The number of rotatable bonds is 4. The van der Waals surface area contributed by atoms with Crippen LogP contribution < -0.4 is 0 Å². The number of urea groups is 1. The molecule has 1 aliphatic rings. The zero-order chi connectivity index (χ0) is 13.4. The fraction of sp³-hybridized carbons (Fsp3) is 0.727. The summed E-state index contributed by atoms with van der Waals surface area (Å²) in [6.45, 7) is 5.03. The highest BCUT2D eigenvalue weighted by molar-refractivity contribution is 6.08. The van der Waals surface area contributed by atoms with Crippen molar-refractivity contribution in [2.45, 2.75) is 45.2 Å². The Morgan fingerprint density at radius 2 is 1.94 bits per heavy atom. The highest BCUT2D eigenvalue weighted by Gasteiger charge is 2.52. The van der Waals surface area contributed by atoms with E-state index in [2.05, 4.69) is 0 Å². The maximum atomic E-state index is 12.1. The molecule has 0 aromatic carbocycles. The van der Waals surface area contributed by atoms with E-state index in [0.29, 0.717) is 6.42 Å². The van der Waals surface area contributed by atoms with Gasteiger partial charge in [0.25, 0.3) is 5.91 Å². The van der Waals surface area contributed by atoms with Crippen LogP contribution in [0.5, 0.6) is 0 Å². The lowest BCUT2D eigenvalue weighted by molar-refractivity contribution is -0.148. The number of carboxylic acids is 1. The van der Waals surface area contributed by atoms with Crippen LogP contribution in [0.15, 0.2) is 0 Å². The molecule has 96 valence electrons. The molecule has 6 nitrogen and oxygen atoms in total. The van der Waals surface area contributed by atoms with Crippen LogP contribution >= 0.6 is 0 Å². The quantitative estimate of drug-likeness (QED) is 0.743. The summed E-state index contributed by atoms with van der Waals surface area (Å²) < 4.78 is 0. The largest absolute Gasteiger partial charge is 0.480 e. The van der Waals surface area contributed by atoms with E-state index >= 15 is 0 Å². The molecule has 1 aliphatic heterocycles. The van der Waals surface area contributed by atoms with Gasteiger partial charge in [-0.15, -0.1) is 0 Å². The summed E-state index contributed by atoms with van der Waals surface area (Å²) in [4.78, 5) is 37.3. The summed E-state index contributed by atoms with van der Waals surface area (Å²) >= 11 is 0. The topological polar surface area (TPSA) is 77.9 Å². The van der Waals surface area contributed by atoms with E-state index in [1.54, 1.807) is 13.8 Å². The number of hydrogen-bond acceptors (Lipinski definition) is 3. The minimum Gasteiger partial charge on any atom is -0.480 e. The second-order valence-corrected chi connectivity index (χ2v) is 4.72. The Hall–Kier alpha value is -1.59. The van der Waals surface area contributed by atoms with E-state index in [1.165, 1.54) is 11.9 Å². The minimum atomic E-state index is -1.14. The summed E-state index contributed by atoms with van der Waals surface area (Å²) in [5, 5.41) is 9.09. The molecule has 0 bridgehead atoms. The molecule has 0 aromatic heterocycles. The summed E-state index contributed by atoms with van der Waals surface area (Å²) in [6.07, 6.45) is 0.870. The predicted octanol–water partition coefficient (Wildman–Crippen LogP) is 0.912. The number of nitrogens with zero attached hydrogens (tertiary/aromatic N) is 2. The molecule has 1 atom stereocenters. The molecule has 1 saturated heterocycles. The van der Waals surface area contributed by atoms with Gasteiger partial charge in [0.05, 0.1) is 0 Å². The SMILES string of the molecule is CCCC(C(=O)O)N1C(=O)N(C)C(C)(C)C1=O. The molecule has 1 rings (SSSR count). The summed E-state index contributed by atoms with van der Waals surface area (Å²) in [6, 6.07) is -1.61. The Bertz CT molecular complexity index is 364. The minimum absolute atomic E-state index is 0.275. The van der Waals surface area contributed by atoms with Crippen LogP contribution in [0, 0.1) is 0 Å². The lowest BCUT2D eigenvalue weighted by atomic mass is 10.0. The van der Waals surface area contributed by atoms with E-state index in [0.717, 1.165) is 4.90 Å². The van der Waals surface area contributed by atoms with Crippen molar-refractivity contribution in [1.29, 1.82) is 0 Å². The molecule has 0 spiro atoms. The number of hydrogen-bond donors (Lipinski definition) is 1. The molecule has 0 aliphatic carbocycles. The number of imide groups is 1. The first-order chi connectivity index (χ1) is 7.75. The summed E-state index contributed by atoms with van der Waals surface area (Å²) in [5.74, 6) is -1.59.